The van der Waals surface area contributed by atoms with Crippen molar-refractivity contribution in [3.63, 3.8) is 0 Å². The monoisotopic (exact) mass is 788 g/mol. The third-order valence-electron chi connectivity index (χ3n) is 9.95. The summed E-state index contributed by atoms with van der Waals surface area (Å²) in [5.74, 6) is -0.511. The fraction of sp³-hybridized carbons (Fsp3) is 0.909. The van der Waals surface area contributed by atoms with Crippen LogP contribution in [0.1, 0.15) is 226 Å². The molecular weight excluding hydrogens is 701 g/mol. The number of nitrogens with one attached hydrogen (secondary N) is 1. The predicted octanol–water partition coefficient (Wildman–Crippen LogP) is 12.6. The van der Waals surface area contributed by atoms with Crippen LogP contribution in [-0.4, -0.2) is 54.3 Å². The van der Waals surface area contributed by atoms with Crippen LogP contribution < -0.4 is 5.32 Å². The first kappa shape index (κ1) is 52.8. The molecule has 0 aromatic carbocycles. The van der Waals surface area contributed by atoms with E-state index in [-0.39, 0.29) is 32.1 Å². The molecule has 0 spiro atoms. The Kier molecular flexibility index (Phi) is 40.4. The number of hydrogen-bond acceptors (Lipinski definition) is 7. The molecule has 0 aliphatic rings. The van der Waals surface area contributed by atoms with Gasteiger partial charge in [-0.15, -0.1) is 0 Å². The van der Waals surface area contributed by atoms with Crippen LogP contribution in [0.4, 0.5) is 0 Å². The van der Waals surface area contributed by atoms with E-state index in [0.717, 1.165) is 38.5 Å². The topological polar surface area (TPSA) is 131 Å². The second-order valence-corrected chi connectivity index (χ2v) is 16.8. The first-order valence-electron chi connectivity index (χ1n) is 22.7. The van der Waals surface area contributed by atoms with Gasteiger partial charge in [-0.05, 0) is 38.5 Å². The van der Waals surface area contributed by atoms with Crippen LogP contribution in [0.2, 0.25) is 0 Å². The first-order chi connectivity index (χ1) is 26.3. The lowest BCUT2D eigenvalue weighted by molar-refractivity contribution is -0.147. The van der Waals surface area contributed by atoms with Crippen LogP contribution in [-0.2, 0) is 27.9 Å². The summed E-state index contributed by atoms with van der Waals surface area (Å²) in [6.45, 7) is 3.58. The van der Waals surface area contributed by atoms with Gasteiger partial charge in [-0.2, -0.15) is 0 Å². The molecule has 0 heterocycles. The van der Waals surface area contributed by atoms with Gasteiger partial charge in [0.05, 0.1) is 13.2 Å². The van der Waals surface area contributed by atoms with E-state index < -0.39 is 26.5 Å². The van der Waals surface area contributed by atoms with E-state index in [9.17, 15) is 24.2 Å². The molecule has 0 aromatic rings. The van der Waals surface area contributed by atoms with Gasteiger partial charge in [0, 0.05) is 19.4 Å². The predicted molar refractivity (Wildman–Crippen MR) is 225 cm³/mol. The molecular formula is C44H86NO8P. The Balaban J connectivity index is 3.56. The summed E-state index contributed by atoms with van der Waals surface area (Å²) in [5, 5.41) is 12.7. The highest BCUT2D eigenvalue weighted by atomic mass is 31.2. The minimum Gasteiger partial charge on any atom is -0.463 e. The van der Waals surface area contributed by atoms with E-state index in [2.05, 4.69) is 31.3 Å². The fourth-order valence-corrected chi connectivity index (χ4v) is 7.25. The standard InChI is InChI=1S/C44H86NO8P/c1-3-5-7-9-11-13-15-17-19-21-23-25-27-29-31-33-35-37-44(48)51-40-42(46)41-53-54(49,50)52-39-38-45-43(47)36-34-32-30-28-26-24-22-20-18-16-14-12-10-8-6-4-2/h17,19,42,46H,3-16,18,20-41H2,1-2H3,(H,45,47)(H,49,50)/b19-17-. The minimum absolute atomic E-state index is 0.0861. The van der Waals surface area contributed by atoms with Gasteiger partial charge in [0.1, 0.15) is 12.7 Å². The molecule has 320 valence electrons. The molecule has 0 saturated carbocycles. The Hall–Kier alpha value is -1.25. The number of aliphatic hydroxyl groups is 1. The number of hydrogen-bond donors (Lipinski definition) is 3. The summed E-state index contributed by atoms with van der Waals surface area (Å²) in [6.07, 6.45) is 42.8. The van der Waals surface area contributed by atoms with Gasteiger partial charge in [0.25, 0.3) is 0 Å². The number of allylic oxidation sites excluding steroid dienone is 2. The van der Waals surface area contributed by atoms with Crippen molar-refractivity contribution >= 4 is 19.7 Å². The average Bonchev–Trinajstić information content (AvgIpc) is 3.16. The minimum atomic E-state index is -4.41. The lowest BCUT2D eigenvalue weighted by Crippen LogP contribution is -2.27. The first-order valence-corrected chi connectivity index (χ1v) is 24.2. The van der Waals surface area contributed by atoms with Gasteiger partial charge in [-0.3, -0.25) is 18.6 Å². The molecule has 3 N–H and O–H groups in total. The largest absolute Gasteiger partial charge is 0.472 e. The van der Waals surface area contributed by atoms with E-state index in [1.165, 1.54) is 161 Å². The maximum atomic E-state index is 12.1. The zero-order chi connectivity index (χ0) is 39.6. The van der Waals surface area contributed by atoms with Gasteiger partial charge in [-0.1, -0.05) is 187 Å². The van der Waals surface area contributed by atoms with Crippen molar-refractivity contribution in [2.24, 2.45) is 0 Å². The maximum Gasteiger partial charge on any atom is 0.472 e. The van der Waals surface area contributed by atoms with Crippen molar-refractivity contribution in [3.8, 4) is 0 Å². The Morgan fingerprint density at radius 3 is 1.39 bits per heavy atom. The molecule has 54 heavy (non-hydrogen) atoms. The number of rotatable bonds is 43. The molecule has 2 atom stereocenters. The quantitative estimate of drug-likeness (QED) is 0.0241. The van der Waals surface area contributed by atoms with Gasteiger partial charge in [-0.25, -0.2) is 4.57 Å². The summed E-state index contributed by atoms with van der Waals surface area (Å²) >= 11 is 0. The number of carbonyl (C=O) groups is 2. The second-order valence-electron chi connectivity index (χ2n) is 15.4. The smallest absolute Gasteiger partial charge is 0.463 e. The van der Waals surface area contributed by atoms with E-state index >= 15 is 0 Å². The Bertz CT molecular complexity index is 902. The van der Waals surface area contributed by atoms with Gasteiger partial charge in [0.2, 0.25) is 5.91 Å². The summed E-state index contributed by atoms with van der Waals surface area (Å²) in [7, 11) is -4.41. The molecule has 0 aliphatic carbocycles. The van der Waals surface area contributed by atoms with Crippen LogP contribution in [0, 0.1) is 0 Å². The SMILES string of the molecule is CCCCCCCC/C=C\CCCCCCCCCC(=O)OCC(O)COP(=O)(O)OCCNC(=O)CCCCCCCCCCCCCCCCCC. The number of carbonyl (C=O) groups excluding carboxylic acids is 2. The fourth-order valence-electron chi connectivity index (χ4n) is 6.49. The molecule has 1 amide bonds. The van der Waals surface area contributed by atoms with Crippen LogP contribution in [0.5, 0.6) is 0 Å². The molecule has 9 nitrogen and oxygen atoms in total. The third-order valence-corrected chi connectivity index (χ3v) is 10.9. The number of amides is 1. The number of phosphoric acid groups is 1. The van der Waals surface area contributed by atoms with Gasteiger partial charge in [0.15, 0.2) is 0 Å². The molecule has 0 radical (unpaired) electrons. The van der Waals surface area contributed by atoms with E-state index in [4.69, 9.17) is 13.8 Å². The van der Waals surface area contributed by atoms with E-state index in [1.54, 1.807) is 0 Å². The lowest BCUT2D eigenvalue weighted by atomic mass is 10.0. The van der Waals surface area contributed by atoms with Crippen LogP contribution in [0.25, 0.3) is 0 Å². The zero-order valence-electron chi connectivity index (χ0n) is 35.2. The Labute approximate surface area is 332 Å². The van der Waals surface area contributed by atoms with Gasteiger partial charge >= 0.3 is 13.8 Å². The second kappa shape index (κ2) is 41.4. The van der Waals surface area contributed by atoms with Crippen molar-refractivity contribution in [3.05, 3.63) is 12.2 Å². The molecule has 0 aromatic heterocycles. The lowest BCUT2D eigenvalue weighted by Gasteiger charge is -2.15. The highest BCUT2D eigenvalue weighted by Gasteiger charge is 2.23. The molecule has 0 rings (SSSR count). The van der Waals surface area contributed by atoms with Crippen molar-refractivity contribution in [1.29, 1.82) is 0 Å². The maximum absolute atomic E-state index is 12.1. The Morgan fingerprint density at radius 1 is 0.556 bits per heavy atom. The third kappa shape index (κ3) is 41.9. The number of ether oxygens (including phenoxy) is 1. The molecule has 0 aliphatic heterocycles. The molecule has 10 heteroatoms. The summed E-state index contributed by atoms with van der Waals surface area (Å²) in [5.41, 5.74) is 0. The van der Waals surface area contributed by atoms with Crippen LogP contribution >= 0.6 is 7.82 Å². The van der Waals surface area contributed by atoms with E-state index in [1.807, 2.05) is 0 Å². The van der Waals surface area contributed by atoms with Crippen molar-refractivity contribution in [1.82, 2.24) is 5.32 Å². The van der Waals surface area contributed by atoms with Crippen molar-refractivity contribution < 1.29 is 37.9 Å². The Morgan fingerprint density at radius 2 is 0.944 bits per heavy atom. The summed E-state index contributed by atoms with van der Waals surface area (Å²) in [6, 6.07) is 0. The number of aliphatic hydroxyl groups excluding tert-OH is 1. The molecule has 0 bridgehead atoms. The van der Waals surface area contributed by atoms with E-state index in [0.29, 0.717) is 6.42 Å². The van der Waals surface area contributed by atoms with Gasteiger partial charge < -0.3 is 20.1 Å². The van der Waals surface area contributed by atoms with Crippen molar-refractivity contribution in [2.75, 3.05) is 26.4 Å². The molecule has 0 saturated heterocycles. The van der Waals surface area contributed by atoms with Crippen LogP contribution in [0.3, 0.4) is 0 Å². The normalized spacial score (nSPS) is 13.3. The highest BCUT2D eigenvalue weighted by molar-refractivity contribution is 7.47. The zero-order valence-corrected chi connectivity index (χ0v) is 36.1. The number of esters is 1. The summed E-state index contributed by atoms with van der Waals surface area (Å²) < 4.78 is 26.9. The number of phosphoric ester groups is 1. The van der Waals surface area contributed by atoms with Crippen LogP contribution in [0.15, 0.2) is 12.2 Å². The number of unbranched alkanes of at least 4 members (excludes halogenated alkanes) is 28. The average molecular weight is 788 g/mol. The summed E-state index contributed by atoms with van der Waals surface area (Å²) in [4.78, 5) is 33.9. The molecule has 0 fully saturated rings. The highest BCUT2D eigenvalue weighted by Crippen LogP contribution is 2.42. The molecule has 2 unspecified atom stereocenters. The van der Waals surface area contributed by atoms with Crippen molar-refractivity contribution in [2.45, 2.75) is 232 Å².